The molecule has 0 radical (unpaired) electrons. The minimum Gasteiger partial charge on any atom is -0.507 e. The summed E-state index contributed by atoms with van der Waals surface area (Å²) in [6.45, 7) is 0. The summed E-state index contributed by atoms with van der Waals surface area (Å²) < 4.78 is 10.8. The first-order valence-electron chi connectivity index (χ1n) is 7.87. The molecule has 130 valence electrons. The average molecular weight is 404 g/mol. The van der Waals surface area contributed by atoms with Crippen molar-refractivity contribution in [1.82, 2.24) is 4.98 Å². The van der Waals surface area contributed by atoms with Gasteiger partial charge in [-0.15, -0.1) is 0 Å². The van der Waals surface area contributed by atoms with Crippen molar-refractivity contribution in [1.29, 1.82) is 0 Å². The molecule has 0 unspecified atom stereocenters. The fraction of sp³-hybridized carbons (Fsp3) is 0.263. The van der Waals surface area contributed by atoms with E-state index in [1.807, 2.05) is 12.1 Å². The molecule has 0 saturated heterocycles. The van der Waals surface area contributed by atoms with Crippen molar-refractivity contribution in [2.24, 2.45) is 5.92 Å². The number of benzene rings is 1. The molecule has 0 bridgehead atoms. The summed E-state index contributed by atoms with van der Waals surface area (Å²) in [6.07, 6.45) is 4.08. The quantitative estimate of drug-likeness (QED) is 0.753. The van der Waals surface area contributed by atoms with E-state index in [2.05, 4.69) is 25.7 Å². The Morgan fingerprint density at radius 3 is 2.64 bits per heavy atom. The van der Waals surface area contributed by atoms with Gasteiger partial charge >= 0.3 is 5.97 Å². The molecule has 1 N–H and O–H groups in total. The first-order chi connectivity index (χ1) is 12.0. The highest BCUT2D eigenvalue weighted by Crippen LogP contribution is 2.45. The minimum atomic E-state index is -0.481. The van der Waals surface area contributed by atoms with Gasteiger partial charge in [-0.2, -0.15) is 0 Å². The zero-order valence-electron chi connectivity index (χ0n) is 14.0. The second kappa shape index (κ2) is 7.27. The van der Waals surface area contributed by atoms with E-state index < -0.39 is 5.97 Å². The van der Waals surface area contributed by atoms with Gasteiger partial charge in [0, 0.05) is 16.1 Å². The van der Waals surface area contributed by atoms with Crippen LogP contribution < -0.4 is 4.74 Å². The number of esters is 1. The van der Waals surface area contributed by atoms with E-state index in [1.54, 1.807) is 25.3 Å². The highest BCUT2D eigenvalue weighted by Gasteiger charge is 2.29. The number of methoxy groups -OCH3 is 2. The minimum absolute atomic E-state index is 0.0278. The van der Waals surface area contributed by atoms with Crippen LogP contribution in [-0.2, 0) is 4.74 Å². The second-order valence-electron chi connectivity index (χ2n) is 5.82. The molecule has 3 rings (SSSR count). The number of nitrogens with zero attached hydrogens (tertiary/aromatic N) is 1. The molecule has 0 amide bonds. The molecule has 0 atom stereocenters. The van der Waals surface area contributed by atoms with Crippen molar-refractivity contribution >= 4 is 33.5 Å². The number of aromatic nitrogens is 1. The summed E-state index contributed by atoms with van der Waals surface area (Å²) in [5, 5.41) is 10.3. The zero-order valence-corrected chi connectivity index (χ0v) is 15.5. The van der Waals surface area contributed by atoms with Gasteiger partial charge in [0.25, 0.3) is 0 Å². The van der Waals surface area contributed by atoms with E-state index in [0.717, 1.165) is 28.6 Å². The third kappa shape index (κ3) is 3.85. The van der Waals surface area contributed by atoms with Gasteiger partial charge in [-0.25, -0.2) is 9.78 Å². The number of rotatable bonds is 5. The Morgan fingerprint density at radius 2 is 2.04 bits per heavy atom. The Bertz CT molecular complexity index is 843. The number of carbonyl (C=O) groups is 1. The Balaban J connectivity index is 2.03. The maximum absolute atomic E-state index is 11.6. The Hall–Kier alpha value is -2.34. The van der Waals surface area contributed by atoms with E-state index in [4.69, 9.17) is 4.74 Å². The molecule has 2 aromatic rings. The van der Waals surface area contributed by atoms with Crippen LogP contribution in [0.1, 0.15) is 34.5 Å². The van der Waals surface area contributed by atoms with E-state index in [-0.39, 0.29) is 5.75 Å². The van der Waals surface area contributed by atoms with Crippen molar-refractivity contribution in [3.8, 4) is 11.6 Å². The predicted molar refractivity (Wildman–Crippen MR) is 98.5 cm³/mol. The topological polar surface area (TPSA) is 68.7 Å². The molecule has 0 aliphatic heterocycles. The lowest BCUT2D eigenvalue weighted by Crippen LogP contribution is -2.01. The lowest BCUT2D eigenvalue weighted by Gasteiger charge is -2.11. The Morgan fingerprint density at radius 1 is 1.28 bits per heavy atom. The summed E-state index contributed by atoms with van der Waals surface area (Å²) >= 11 is 3.55. The largest absolute Gasteiger partial charge is 0.507 e. The number of phenols is 1. The molecule has 5 nitrogen and oxygen atoms in total. The monoisotopic (exact) mass is 403 g/mol. The number of ether oxygens (including phenoxy) is 2. The van der Waals surface area contributed by atoms with Crippen LogP contribution in [0.5, 0.6) is 11.6 Å². The normalized spacial score (nSPS) is 14.3. The molecule has 1 heterocycles. The van der Waals surface area contributed by atoms with Crippen LogP contribution in [0.2, 0.25) is 0 Å². The number of hydrogen-bond acceptors (Lipinski definition) is 5. The van der Waals surface area contributed by atoms with E-state index >= 15 is 0 Å². The number of allylic oxidation sites excluding steroid dienone is 1. The van der Waals surface area contributed by atoms with Gasteiger partial charge in [-0.05, 0) is 64.5 Å². The lowest BCUT2D eigenvalue weighted by atomic mass is 10.0. The summed E-state index contributed by atoms with van der Waals surface area (Å²) in [5.74, 6) is 0.483. The highest BCUT2D eigenvalue weighted by atomic mass is 79.9. The fourth-order valence-corrected chi connectivity index (χ4v) is 3.04. The molecule has 1 aliphatic rings. The van der Waals surface area contributed by atoms with Crippen molar-refractivity contribution in [3.63, 3.8) is 0 Å². The number of halogens is 1. The Labute approximate surface area is 154 Å². The van der Waals surface area contributed by atoms with Gasteiger partial charge in [0.1, 0.15) is 5.75 Å². The van der Waals surface area contributed by atoms with Crippen molar-refractivity contribution in [3.05, 3.63) is 51.6 Å². The molecular formula is C19H18BrNO4. The number of aromatic hydroxyl groups is 1. The van der Waals surface area contributed by atoms with Gasteiger partial charge in [0.05, 0.1) is 25.5 Å². The highest BCUT2D eigenvalue weighted by molar-refractivity contribution is 9.10. The maximum Gasteiger partial charge on any atom is 0.337 e. The summed E-state index contributed by atoms with van der Waals surface area (Å²) in [4.78, 5) is 16.1. The maximum atomic E-state index is 11.6. The van der Waals surface area contributed by atoms with Crippen LogP contribution in [0.3, 0.4) is 0 Å². The van der Waals surface area contributed by atoms with Gasteiger partial charge in [0.15, 0.2) is 0 Å². The lowest BCUT2D eigenvalue weighted by molar-refractivity contribution is 0.0600. The predicted octanol–water partition coefficient (Wildman–Crippen LogP) is 4.30. The molecule has 25 heavy (non-hydrogen) atoms. The smallest absolute Gasteiger partial charge is 0.337 e. The molecule has 1 aromatic heterocycles. The third-order valence-electron chi connectivity index (χ3n) is 4.08. The first-order valence-corrected chi connectivity index (χ1v) is 8.66. The fourth-order valence-electron chi connectivity index (χ4n) is 2.59. The molecule has 1 saturated carbocycles. The Kier molecular flexibility index (Phi) is 5.08. The van der Waals surface area contributed by atoms with Crippen molar-refractivity contribution < 1.29 is 19.4 Å². The number of carbonyl (C=O) groups excluding carboxylic acids is 1. The number of phenolic OH excluding ortho intramolecular Hbond substituents is 1. The van der Waals surface area contributed by atoms with Gasteiger partial charge < -0.3 is 14.6 Å². The number of hydrogen-bond donors (Lipinski definition) is 1. The molecule has 1 aromatic carbocycles. The zero-order chi connectivity index (χ0) is 18.0. The molecule has 1 fully saturated rings. The van der Waals surface area contributed by atoms with Crippen LogP contribution >= 0.6 is 15.9 Å². The van der Waals surface area contributed by atoms with Gasteiger partial charge in [-0.3, -0.25) is 0 Å². The third-order valence-corrected chi connectivity index (χ3v) is 4.72. The van der Waals surface area contributed by atoms with Crippen LogP contribution in [0.15, 0.2) is 34.8 Å². The van der Waals surface area contributed by atoms with E-state index in [1.165, 1.54) is 13.2 Å². The molecule has 0 spiro atoms. The summed E-state index contributed by atoms with van der Waals surface area (Å²) in [5.41, 5.74) is 2.78. The van der Waals surface area contributed by atoms with Crippen molar-refractivity contribution in [2.75, 3.05) is 14.2 Å². The number of pyridine rings is 1. The summed E-state index contributed by atoms with van der Waals surface area (Å²) in [7, 11) is 2.89. The van der Waals surface area contributed by atoms with Crippen LogP contribution in [0, 0.1) is 5.92 Å². The second-order valence-corrected chi connectivity index (χ2v) is 6.68. The standard InChI is InChI=1S/C19H18BrNO4/c1-24-17-8-7-15(20)18(21-17)14(11-3-4-11)9-12-5-6-13(10-16(12)22)19(23)25-2/h5-11,22H,3-4H2,1-2H3. The molecule has 6 heteroatoms. The molecule has 1 aliphatic carbocycles. The van der Waals surface area contributed by atoms with Crippen LogP contribution in [0.4, 0.5) is 0 Å². The van der Waals surface area contributed by atoms with E-state index in [9.17, 15) is 9.90 Å². The van der Waals surface area contributed by atoms with Crippen LogP contribution in [0.25, 0.3) is 11.6 Å². The van der Waals surface area contributed by atoms with Gasteiger partial charge in [0.2, 0.25) is 5.88 Å². The van der Waals surface area contributed by atoms with E-state index in [0.29, 0.717) is 22.9 Å². The molecular weight excluding hydrogens is 386 g/mol. The van der Waals surface area contributed by atoms with Gasteiger partial charge in [-0.1, -0.05) is 6.07 Å². The SMILES string of the molecule is COC(=O)c1ccc(C=C(c2nc(OC)ccc2Br)C2CC2)c(O)c1. The van der Waals surface area contributed by atoms with Crippen LogP contribution in [-0.4, -0.2) is 30.3 Å². The average Bonchev–Trinajstić information content (AvgIpc) is 3.45. The summed E-state index contributed by atoms with van der Waals surface area (Å²) in [6, 6.07) is 8.45. The van der Waals surface area contributed by atoms with Crippen molar-refractivity contribution in [2.45, 2.75) is 12.8 Å². The first kappa shape index (κ1) is 17.5.